The van der Waals surface area contributed by atoms with Crippen LogP contribution in [0.4, 0.5) is 24.5 Å². The molecule has 3 aromatic carbocycles. The number of alkyl halides is 3. The van der Waals surface area contributed by atoms with Gasteiger partial charge in [-0.25, -0.2) is 0 Å². The molecular formula is C27H23ClF3N3O4. The van der Waals surface area contributed by atoms with Gasteiger partial charge >= 0.3 is 6.18 Å². The molecule has 1 heterocycles. The van der Waals surface area contributed by atoms with Gasteiger partial charge in [-0.2, -0.15) is 13.2 Å². The van der Waals surface area contributed by atoms with Crippen LogP contribution in [0.25, 0.3) is 0 Å². The summed E-state index contributed by atoms with van der Waals surface area (Å²) in [4.78, 5) is 38.7. The van der Waals surface area contributed by atoms with Gasteiger partial charge in [-0.3, -0.25) is 14.4 Å². The molecule has 1 aliphatic heterocycles. The minimum absolute atomic E-state index is 0.00285. The number of halogens is 4. The third-order valence-corrected chi connectivity index (χ3v) is 6.12. The smallest absolute Gasteiger partial charge is 0.416 e. The van der Waals surface area contributed by atoms with E-state index < -0.39 is 30.2 Å². The van der Waals surface area contributed by atoms with Crippen LogP contribution in [0.15, 0.2) is 72.8 Å². The predicted molar refractivity (Wildman–Crippen MR) is 136 cm³/mol. The van der Waals surface area contributed by atoms with Gasteiger partial charge in [-0.05, 0) is 60.2 Å². The summed E-state index contributed by atoms with van der Waals surface area (Å²) in [7, 11) is 0. The number of carbonyl (C=O) groups excluding carboxylic acids is 3. The first kappa shape index (κ1) is 27.0. The standard InChI is InChI=1S/C27H23ClF3N3O4/c28-20-6-4-17(5-7-20)14-32-26(37)18-12-25(36)34(15-18)22-8-10-23(11-9-22)38-16-24(35)33-21-3-1-2-19(13-21)27(29,30)31/h1-11,13,18H,12,14-16H2,(H,32,37)(H,33,35)/t18-/m0/s1. The minimum Gasteiger partial charge on any atom is -0.484 e. The van der Waals surface area contributed by atoms with E-state index in [-0.39, 0.29) is 30.5 Å². The molecule has 0 radical (unpaired) electrons. The number of carbonyl (C=O) groups is 3. The summed E-state index contributed by atoms with van der Waals surface area (Å²) < 4.78 is 43.9. The average Bonchev–Trinajstić information content (AvgIpc) is 3.28. The van der Waals surface area contributed by atoms with E-state index in [4.69, 9.17) is 16.3 Å². The lowest BCUT2D eigenvalue weighted by Gasteiger charge is -2.17. The van der Waals surface area contributed by atoms with Crippen molar-refractivity contribution in [3.05, 3.63) is 88.9 Å². The number of nitrogens with one attached hydrogen (secondary N) is 2. The zero-order valence-corrected chi connectivity index (χ0v) is 20.7. The number of anilines is 2. The molecule has 0 spiro atoms. The fraction of sp³-hybridized carbons (Fsp3) is 0.222. The largest absolute Gasteiger partial charge is 0.484 e. The average molecular weight is 546 g/mol. The molecule has 0 bridgehead atoms. The second-order valence-electron chi connectivity index (χ2n) is 8.66. The Hall–Kier alpha value is -4.05. The van der Waals surface area contributed by atoms with Crippen molar-refractivity contribution in [1.82, 2.24) is 5.32 Å². The van der Waals surface area contributed by atoms with Gasteiger partial charge in [0.1, 0.15) is 5.75 Å². The van der Waals surface area contributed by atoms with E-state index in [0.29, 0.717) is 23.0 Å². The van der Waals surface area contributed by atoms with Crippen molar-refractivity contribution in [1.29, 1.82) is 0 Å². The first-order chi connectivity index (χ1) is 18.1. The molecule has 3 aromatic rings. The first-order valence-electron chi connectivity index (χ1n) is 11.6. The van der Waals surface area contributed by atoms with Crippen LogP contribution in [0, 0.1) is 5.92 Å². The van der Waals surface area contributed by atoms with Gasteiger partial charge in [0, 0.05) is 35.9 Å². The number of rotatable bonds is 8. The second kappa shape index (κ2) is 11.6. The summed E-state index contributed by atoms with van der Waals surface area (Å²) in [5.74, 6) is -1.20. The Morgan fingerprint density at radius 1 is 1.03 bits per heavy atom. The van der Waals surface area contributed by atoms with Gasteiger partial charge in [0.25, 0.3) is 5.91 Å². The van der Waals surface area contributed by atoms with Crippen LogP contribution >= 0.6 is 11.6 Å². The SMILES string of the molecule is O=C(COc1ccc(N2C[C@@H](C(=O)NCc3ccc(Cl)cc3)CC2=O)cc1)Nc1cccc(C(F)(F)F)c1. The molecule has 7 nitrogen and oxygen atoms in total. The van der Waals surface area contributed by atoms with Crippen LogP contribution in [0.5, 0.6) is 5.75 Å². The third kappa shape index (κ3) is 7.04. The number of nitrogens with zero attached hydrogens (tertiary/aromatic N) is 1. The molecule has 1 aliphatic rings. The molecule has 4 rings (SSSR count). The van der Waals surface area contributed by atoms with Gasteiger partial charge in [-0.15, -0.1) is 0 Å². The summed E-state index contributed by atoms with van der Waals surface area (Å²) in [6, 6.07) is 17.8. The number of hydrogen-bond donors (Lipinski definition) is 2. The Morgan fingerprint density at radius 2 is 1.74 bits per heavy atom. The van der Waals surface area contributed by atoms with E-state index in [9.17, 15) is 27.6 Å². The van der Waals surface area contributed by atoms with Crippen LogP contribution < -0.4 is 20.3 Å². The molecule has 0 unspecified atom stereocenters. The number of ether oxygens (including phenoxy) is 1. The van der Waals surface area contributed by atoms with E-state index in [1.54, 1.807) is 36.4 Å². The lowest BCUT2D eigenvalue weighted by atomic mass is 10.1. The molecule has 1 saturated heterocycles. The van der Waals surface area contributed by atoms with Crippen molar-refractivity contribution in [2.75, 3.05) is 23.4 Å². The van der Waals surface area contributed by atoms with Crippen molar-refractivity contribution in [3.8, 4) is 5.75 Å². The van der Waals surface area contributed by atoms with Crippen molar-refractivity contribution < 1.29 is 32.3 Å². The highest BCUT2D eigenvalue weighted by Crippen LogP contribution is 2.31. The Bertz CT molecular complexity index is 1310. The van der Waals surface area contributed by atoms with Gasteiger partial charge < -0.3 is 20.3 Å². The molecule has 1 fully saturated rings. The molecular weight excluding hydrogens is 523 g/mol. The molecule has 0 aromatic heterocycles. The maximum atomic E-state index is 12.8. The first-order valence-corrected chi connectivity index (χ1v) is 12.0. The summed E-state index contributed by atoms with van der Waals surface area (Å²) in [5, 5.41) is 5.81. The Kier molecular flexibility index (Phi) is 8.21. The molecule has 198 valence electrons. The van der Waals surface area contributed by atoms with Crippen LogP contribution in [-0.2, 0) is 27.1 Å². The maximum Gasteiger partial charge on any atom is 0.416 e. The van der Waals surface area contributed by atoms with Crippen molar-refractivity contribution in [3.63, 3.8) is 0 Å². The van der Waals surface area contributed by atoms with Crippen LogP contribution in [-0.4, -0.2) is 30.9 Å². The molecule has 38 heavy (non-hydrogen) atoms. The summed E-state index contributed by atoms with van der Waals surface area (Å²) >= 11 is 5.87. The number of amides is 3. The monoisotopic (exact) mass is 545 g/mol. The van der Waals surface area contributed by atoms with Crippen molar-refractivity contribution >= 4 is 40.7 Å². The van der Waals surface area contributed by atoms with E-state index in [2.05, 4.69) is 10.6 Å². The Morgan fingerprint density at radius 3 is 2.42 bits per heavy atom. The zero-order chi connectivity index (χ0) is 27.3. The lowest BCUT2D eigenvalue weighted by molar-refractivity contribution is -0.137. The highest BCUT2D eigenvalue weighted by atomic mass is 35.5. The van der Waals surface area contributed by atoms with E-state index in [1.165, 1.54) is 17.0 Å². The van der Waals surface area contributed by atoms with Gasteiger partial charge in [0.15, 0.2) is 6.61 Å². The van der Waals surface area contributed by atoms with Gasteiger partial charge in [0.05, 0.1) is 11.5 Å². The summed E-state index contributed by atoms with van der Waals surface area (Å²) in [6.45, 7) is 0.132. The summed E-state index contributed by atoms with van der Waals surface area (Å²) in [6.07, 6.45) is -4.43. The molecule has 0 aliphatic carbocycles. The quantitative estimate of drug-likeness (QED) is 0.415. The molecule has 0 saturated carbocycles. The molecule has 11 heteroatoms. The van der Waals surface area contributed by atoms with Crippen molar-refractivity contribution in [2.24, 2.45) is 5.92 Å². The fourth-order valence-corrected chi connectivity index (χ4v) is 4.04. The predicted octanol–water partition coefficient (Wildman–Crippen LogP) is 5.05. The van der Waals surface area contributed by atoms with Crippen molar-refractivity contribution in [2.45, 2.75) is 19.1 Å². The number of hydrogen-bond acceptors (Lipinski definition) is 4. The minimum atomic E-state index is -4.52. The van der Waals surface area contributed by atoms with Gasteiger partial charge in [0.2, 0.25) is 11.8 Å². The zero-order valence-electron chi connectivity index (χ0n) is 19.9. The summed E-state index contributed by atoms with van der Waals surface area (Å²) in [5.41, 5.74) is 0.597. The van der Waals surface area contributed by atoms with Gasteiger partial charge in [-0.1, -0.05) is 29.8 Å². The van der Waals surface area contributed by atoms with Crippen LogP contribution in [0.3, 0.4) is 0 Å². The fourth-order valence-electron chi connectivity index (χ4n) is 3.91. The Balaban J connectivity index is 1.26. The second-order valence-corrected chi connectivity index (χ2v) is 9.10. The van der Waals surface area contributed by atoms with E-state index in [1.807, 2.05) is 12.1 Å². The molecule has 3 amide bonds. The van der Waals surface area contributed by atoms with E-state index >= 15 is 0 Å². The maximum absolute atomic E-state index is 12.8. The topological polar surface area (TPSA) is 87.7 Å². The number of benzene rings is 3. The highest BCUT2D eigenvalue weighted by molar-refractivity contribution is 6.30. The molecule has 2 N–H and O–H groups in total. The van der Waals surface area contributed by atoms with E-state index in [0.717, 1.165) is 17.7 Å². The normalized spacial score (nSPS) is 15.3. The van der Waals surface area contributed by atoms with Crippen LogP contribution in [0.1, 0.15) is 17.5 Å². The lowest BCUT2D eigenvalue weighted by Crippen LogP contribution is -2.32. The van der Waals surface area contributed by atoms with Crippen LogP contribution in [0.2, 0.25) is 5.02 Å². The Labute approximate surface area is 221 Å². The molecule has 1 atom stereocenters. The highest BCUT2D eigenvalue weighted by Gasteiger charge is 2.35. The third-order valence-electron chi connectivity index (χ3n) is 5.87.